The van der Waals surface area contributed by atoms with Crippen LogP contribution in [0.2, 0.25) is 0 Å². The van der Waals surface area contributed by atoms with Crippen molar-refractivity contribution in [3.05, 3.63) is 144 Å². The highest BCUT2D eigenvalue weighted by Crippen LogP contribution is 2.54. The molecule has 298 valence electrons. The first-order valence-corrected chi connectivity index (χ1v) is 21.1. The van der Waals surface area contributed by atoms with Gasteiger partial charge in [0.25, 0.3) is 5.91 Å². The highest BCUT2D eigenvalue weighted by Gasteiger charge is 2.47. The van der Waals surface area contributed by atoms with E-state index < -0.39 is 30.7 Å². The molecule has 1 amide bonds. The second-order valence-electron chi connectivity index (χ2n) is 13.6. The molecule has 6 aromatic rings. The number of nitrogens with one attached hydrogen (secondary N) is 1. The number of para-hydroxylation sites is 1. The lowest BCUT2D eigenvalue weighted by Crippen LogP contribution is -2.57. The van der Waals surface area contributed by atoms with Crippen molar-refractivity contribution in [2.45, 2.75) is 24.3 Å². The molecule has 3 heterocycles. The molecule has 7 rings (SSSR count). The Bertz CT molecular complexity index is 2290. The molecule has 2 aromatic heterocycles. The molecule has 16 heteroatoms. The van der Waals surface area contributed by atoms with Gasteiger partial charge >= 0.3 is 6.87 Å². The first kappa shape index (κ1) is 40.5. The fourth-order valence-corrected chi connectivity index (χ4v) is 7.74. The molecule has 0 saturated carbocycles. The molecular formula is C42H42ClN8O6P. The van der Waals surface area contributed by atoms with E-state index in [4.69, 9.17) is 35.0 Å². The predicted molar refractivity (Wildman–Crippen MR) is 219 cm³/mol. The number of hydrogen-bond donors (Lipinski definition) is 1. The van der Waals surface area contributed by atoms with E-state index in [0.717, 1.165) is 16.7 Å². The second-order valence-corrected chi connectivity index (χ2v) is 16.8. The minimum atomic E-state index is -3.67. The molecule has 1 fully saturated rings. The number of fused-ring (bicyclic) bond motifs is 1. The van der Waals surface area contributed by atoms with Crippen molar-refractivity contribution in [2.75, 3.05) is 52.3 Å². The Morgan fingerprint density at radius 1 is 0.914 bits per heavy atom. The number of hydrogen-bond acceptors (Lipinski definition) is 11. The van der Waals surface area contributed by atoms with Crippen LogP contribution < -0.4 is 14.8 Å². The smallest absolute Gasteiger partial charge is 0.362 e. The molecule has 1 unspecified atom stereocenters. The van der Waals surface area contributed by atoms with Crippen LogP contribution in [0.15, 0.2) is 128 Å². The van der Waals surface area contributed by atoms with Gasteiger partial charge < -0.3 is 18.7 Å². The van der Waals surface area contributed by atoms with Crippen molar-refractivity contribution >= 4 is 41.1 Å². The van der Waals surface area contributed by atoms with Crippen molar-refractivity contribution in [1.82, 2.24) is 29.1 Å². The minimum absolute atomic E-state index is 0.0329. The highest BCUT2D eigenvalue weighted by molar-refractivity contribution is 7.83. The largest absolute Gasteiger partial charge is 0.484 e. The van der Waals surface area contributed by atoms with E-state index >= 15 is 0 Å². The summed E-state index contributed by atoms with van der Waals surface area (Å²) in [6, 6.07) is 41.7. The fraction of sp³-hybridized carbons (Fsp3) is 0.262. The third-order valence-electron chi connectivity index (χ3n) is 9.61. The van der Waals surface area contributed by atoms with Crippen molar-refractivity contribution in [2.24, 2.45) is 0 Å². The van der Waals surface area contributed by atoms with Gasteiger partial charge in [0.15, 0.2) is 17.8 Å². The van der Waals surface area contributed by atoms with Crippen LogP contribution in [0.3, 0.4) is 0 Å². The molecule has 0 radical (unpaired) electrons. The Kier molecular flexibility index (Phi) is 12.8. The number of aromatic nitrogens is 4. The summed E-state index contributed by atoms with van der Waals surface area (Å²) < 4.78 is 40.6. The van der Waals surface area contributed by atoms with E-state index in [1.54, 1.807) is 37.1 Å². The number of morpholine rings is 1. The van der Waals surface area contributed by atoms with Crippen LogP contribution in [-0.2, 0) is 24.2 Å². The van der Waals surface area contributed by atoms with Gasteiger partial charge in [-0.1, -0.05) is 109 Å². The summed E-state index contributed by atoms with van der Waals surface area (Å²) in [7, 11) is 3.18. The summed E-state index contributed by atoms with van der Waals surface area (Å²) in [6.45, 7) is -3.40. The minimum Gasteiger partial charge on any atom is -0.484 e. The number of imidazole rings is 1. The van der Waals surface area contributed by atoms with E-state index in [-0.39, 0.29) is 38.1 Å². The van der Waals surface area contributed by atoms with Crippen LogP contribution in [0.5, 0.6) is 11.6 Å². The molecule has 3 atom stereocenters. The Morgan fingerprint density at radius 3 is 2.07 bits per heavy atom. The Hall–Kier alpha value is -5.65. The number of benzene rings is 4. The van der Waals surface area contributed by atoms with Crippen LogP contribution >= 0.6 is 18.1 Å². The summed E-state index contributed by atoms with van der Waals surface area (Å²) in [6.07, 6.45) is 0.234. The maximum atomic E-state index is 13.3. The number of anilines is 1. The van der Waals surface area contributed by atoms with Crippen LogP contribution in [0.1, 0.15) is 29.3 Å². The molecule has 4 aromatic carbocycles. The van der Waals surface area contributed by atoms with Crippen LogP contribution in [0.25, 0.3) is 11.2 Å². The van der Waals surface area contributed by atoms with Gasteiger partial charge in [-0.25, -0.2) is 9.65 Å². The maximum absolute atomic E-state index is 13.3. The number of amides is 1. The first-order valence-electron chi connectivity index (χ1n) is 18.6. The summed E-state index contributed by atoms with van der Waals surface area (Å²) in [5, 5.41) is 11.9. The van der Waals surface area contributed by atoms with Crippen molar-refractivity contribution in [1.29, 1.82) is 5.26 Å². The summed E-state index contributed by atoms with van der Waals surface area (Å²) >= 11 is 6.38. The molecule has 14 nitrogen and oxygen atoms in total. The Balaban J connectivity index is 1.33. The molecule has 0 bridgehead atoms. The van der Waals surface area contributed by atoms with Crippen molar-refractivity contribution < 1.29 is 28.1 Å². The van der Waals surface area contributed by atoms with Gasteiger partial charge in [0.05, 0.1) is 37.1 Å². The van der Waals surface area contributed by atoms with Crippen molar-refractivity contribution in [3.8, 4) is 17.7 Å². The van der Waals surface area contributed by atoms with Gasteiger partial charge in [-0.3, -0.25) is 24.1 Å². The molecule has 58 heavy (non-hydrogen) atoms. The molecule has 0 spiro atoms. The lowest BCUT2D eigenvalue weighted by molar-refractivity contribution is -0.145. The van der Waals surface area contributed by atoms with Gasteiger partial charge in [-0.15, -0.1) is 0 Å². The molecule has 1 aliphatic rings. The number of carbonyl (C=O) groups excluding carboxylic acids is 1. The van der Waals surface area contributed by atoms with Gasteiger partial charge in [0, 0.05) is 13.1 Å². The van der Waals surface area contributed by atoms with Gasteiger partial charge in [0.2, 0.25) is 11.8 Å². The van der Waals surface area contributed by atoms with E-state index in [1.807, 2.05) is 72.8 Å². The maximum Gasteiger partial charge on any atom is 0.362 e. The zero-order valence-corrected chi connectivity index (χ0v) is 33.6. The average molecular weight is 821 g/mol. The number of nitrogens with zero attached hydrogens (tertiary/aromatic N) is 7. The lowest BCUT2D eigenvalue weighted by Gasteiger charge is -2.50. The number of halogens is 1. The molecule has 1 N–H and O–H groups in total. The third kappa shape index (κ3) is 8.90. The van der Waals surface area contributed by atoms with Gasteiger partial charge in [-0.05, 0) is 54.2 Å². The van der Waals surface area contributed by atoms with Gasteiger partial charge in [-0.2, -0.15) is 15.2 Å². The summed E-state index contributed by atoms with van der Waals surface area (Å²) in [5.74, 6) is 0.0435. The average Bonchev–Trinajstić information content (AvgIpc) is 3.68. The van der Waals surface area contributed by atoms with Crippen LogP contribution in [0.4, 0.5) is 5.95 Å². The molecular weight excluding hydrogens is 779 g/mol. The van der Waals surface area contributed by atoms with E-state index in [2.05, 4.69) is 62.7 Å². The summed E-state index contributed by atoms with van der Waals surface area (Å²) in [5.41, 5.74) is 2.77. The zero-order chi connectivity index (χ0) is 40.5. The molecule has 1 saturated heterocycles. The number of rotatable bonds is 16. The Morgan fingerprint density at radius 2 is 1.50 bits per heavy atom. The number of ether oxygens (including phenoxy) is 3. The van der Waals surface area contributed by atoms with E-state index in [9.17, 15) is 14.6 Å². The summed E-state index contributed by atoms with van der Waals surface area (Å²) in [4.78, 5) is 29.3. The van der Waals surface area contributed by atoms with Crippen LogP contribution in [0, 0.1) is 11.3 Å². The lowest BCUT2D eigenvalue weighted by atomic mass is 9.75. The van der Waals surface area contributed by atoms with E-state index in [1.165, 1.54) is 4.67 Å². The normalized spacial score (nSPS) is 17.0. The van der Waals surface area contributed by atoms with Crippen LogP contribution in [-0.4, -0.2) is 88.1 Å². The predicted octanol–water partition coefficient (Wildman–Crippen LogP) is 7.25. The second kappa shape index (κ2) is 18.3. The standard InChI is InChI=1S/C42H42ClN8O6P/c1-49(2)58(43,53)56-28-35-26-50(42(31-16-7-3-8-17-31,32-18-9-4-10-19-32)33-20-11-5-12-21-33)27-37(57-35)51-30-45-38-39(51)47-41(48-40(38)54-25-15-24-44)46-36(52)29-55-34-22-13-6-14-23-34/h3-14,16-23,30,35,37H,15,25-29H2,1-2H3,(H,46,47,48,52)/t35-,37+,58?/m0/s1. The quantitative estimate of drug-likeness (QED) is 0.0594. The number of nitriles is 1. The monoisotopic (exact) mass is 820 g/mol. The van der Waals surface area contributed by atoms with Crippen molar-refractivity contribution in [3.63, 3.8) is 0 Å². The van der Waals surface area contributed by atoms with E-state index in [0.29, 0.717) is 30.0 Å². The topological polar surface area (TPSA) is 157 Å². The zero-order valence-electron chi connectivity index (χ0n) is 31.9. The van der Waals surface area contributed by atoms with Gasteiger partial charge in [0.1, 0.15) is 18.6 Å². The Labute approximate surface area is 341 Å². The first-order chi connectivity index (χ1) is 28.2. The SMILES string of the molecule is CN(C)P(=O)(Cl)OC[C@@H]1CN(C(c2ccccc2)(c2ccccc2)c2ccccc2)C[C@H](n2cnc3c(OCCC#N)nc(NC(=O)COc4ccccc4)nc32)O1. The number of carbonyl (C=O) groups is 1. The molecule has 0 aliphatic carbocycles. The highest BCUT2D eigenvalue weighted by atomic mass is 35.7. The third-order valence-corrected chi connectivity index (χ3v) is 12.2. The fourth-order valence-electron chi connectivity index (χ4n) is 6.99. The molecule has 1 aliphatic heterocycles.